The highest BCUT2D eigenvalue weighted by Gasteiger charge is 2.22. The maximum atomic E-state index is 12.3. The molecule has 1 aliphatic heterocycles. The second kappa shape index (κ2) is 5.67. The fourth-order valence-electron chi connectivity index (χ4n) is 2.68. The number of anilines is 1. The van der Waals surface area contributed by atoms with Gasteiger partial charge in [0, 0.05) is 19.6 Å². The largest absolute Gasteiger partial charge is 0.346 e. The van der Waals surface area contributed by atoms with Crippen LogP contribution in [0.15, 0.2) is 12.1 Å². The topological polar surface area (TPSA) is 66.6 Å². The molecule has 0 aromatic carbocycles. The molecular weight excluding hydrogens is 268 g/mol. The van der Waals surface area contributed by atoms with Crippen molar-refractivity contribution in [1.29, 1.82) is 0 Å². The van der Waals surface area contributed by atoms with Gasteiger partial charge in [-0.2, -0.15) is 4.52 Å². The van der Waals surface area contributed by atoms with Crippen molar-refractivity contribution in [2.75, 3.05) is 31.1 Å². The molecule has 112 valence electrons. The molecule has 1 saturated heterocycles. The lowest BCUT2D eigenvalue weighted by Gasteiger charge is -2.22. The standard InChI is InChI=1S/C14H20N6O/c1-3-7-18-8-4-9-19(10-14(18)21)13-6-5-12-16-15-11(2)20(12)17-13/h5-6H,3-4,7-10H2,1-2H3. The highest BCUT2D eigenvalue weighted by molar-refractivity contribution is 5.81. The van der Waals surface area contributed by atoms with E-state index in [0.717, 1.165) is 49.8 Å². The maximum absolute atomic E-state index is 12.3. The van der Waals surface area contributed by atoms with E-state index in [-0.39, 0.29) is 5.91 Å². The Bertz CT molecular complexity index is 652. The highest BCUT2D eigenvalue weighted by Crippen LogP contribution is 2.15. The van der Waals surface area contributed by atoms with Gasteiger partial charge in [-0.25, -0.2) is 0 Å². The Labute approximate surface area is 123 Å². The Hall–Kier alpha value is -2.18. The summed E-state index contributed by atoms with van der Waals surface area (Å²) in [6, 6.07) is 3.80. The Morgan fingerprint density at radius 3 is 2.90 bits per heavy atom. The summed E-state index contributed by atoms with van der Waals surface area (Å²) in [7, 11) is 0. The first kappa shape index (κ1) is 13.8. The first-order chi connectivity index (χ1) is 10.2. The van der Waals surface area contributed by atoms with E-state index >= 15 is 0 Å². The number of carbonyl (C=O) groups is 1. The molecule has 1 amide bonds. The molecule has 0 atom stereocenters. The van der Waals surface area contributed by atoms with Crippen LogP contribution in [0.5, 0.6) is 0 Å². The van der Waals surface area contributed by atoms with E-state index in [0.29, 0.717) is 6.54 Å². The number of fused-ring (bicyclic) bond motifs is 1. The smallest absolute Gasteiger partial charge is 0.242 e. The normalized spacial score (nSPS) is 16.6. The van der Waals surface area contributed by atoms with Gasteiger partial charge in [-0.15, -0.1) is 15.3 Å². The van der Waals surface area contributed by atoms with Gasteiger partial charge in [-0.05, 0) is 31.9 Å². The van der Waals surface area contributed by atoms with Crippen molar-refractivity contribution in [2.24, 2.45) is 0 Å². The third-order valence-corrected chi connectivity index (χ3v) is 3.76. The minimum Gasteiger partial charge on any atom is -0.346 e. The molecule has 7 nitrogen and oxygen atoms in total. The van der Waals surface area contributed by atoms with E-state index in [9.17, 15) is 4.79 Å². The van der Waals surface area contributed by atoms with E-state index in [4.69, 9.17) is 0 Å². The van der Waals surface area contributed by atoms with Crippen molar-refractivity contribution < 1.29 is 4.79 Å². The molecular formula is C14H20N6O. The van der Waals surface area contributed by atoms with Crippen LogP contribution in [0.2, 0.25) is 0 Å². The van der Waals surface area contributed by atoms with Crippen LogP contribution in [0, 0.1) is 6.92 Å². The SMILES string of the molecule is CCCN1CCCN(c2ccc3nnc(C)n3n2)CC1=O. The van der Waals surface area contributed by atoms with Crippen molar-refractivity contribution in [1.82, 2.24) is 24.7 Å². The van der Waals surface area contributed by atoms with E-state index in [1.807, 2.05) is 28.9 Å². The molecule has 0 bridgehead atoms. The third-order valence-electron chi connectivity index (χ3n) is 3.76. The van der Waals surface area contributed by atoms with Crippen LogP contribution in [0.4, 0.5) is 5.82 Å². The second-order valence-corrected chi connectivity index (χ2v) is 5.36. The summed E-state index contributed by atoms with van der Waals surface area (Å²) in [4.78, 5) is 16.3. The Balaban J connectivity index is 1.84. The number of rotatable bonds is 3. The monoisotopic (exact) mass is 288 g/mol. The number of aromatic nitrogens is 4. The Morgan fingerprint density at radius 2 is 2.10 bits per heavy atom. The van der Waals surface area contributed by atoms with Gasteiger partial charge in [0.25, 0.3) is 0 Å². The number of hydrogen-bond acceptors (Lipinski definition) is 5. The fourth-order valence-corrected chi connectivity index (χ4v) is 2.68. The Kier molecular flexibility index (Phi) is 3.72. The first-order valence-electron chi connectivity index (χ1n) is 7.41. The molecule has 0 unspecified atom stereocenters. The summed E-state index contributed by atoms with van der Waals surface area (Å²) in [5.74, 6) is 1.73. The van der Waals surface area contributed by atoms with Gasteiger partial charge in [-0.1, -0.05) is 6.92 Å². The van der Waals surface area contributed by atoms with Gasteiger partial charge >= 0.3 is 0 Å². The lowest BCUT2D eigenvalue weighted by atomic mass is 10.3. The Morgan fingerprint density at radius 1 is 1.24 bits per heavy atom. The molecule has 21 heavy (non-hydrogen) atoms. The van der Waals surface area contributed by atoms with E-state index in [1.165, 1.54) is 0 Å². The predicted octanol–water partition coefficient (Wildman–Crippen LogP) is 0.881. The lowest BCUT2D eigenvalue weighted by Crippen LogP contribution is -2.37. The molecule has 0 aliphatic carbocycles. The molecule has 3 heterocycles. The summed E-state index contributed by atoms with van der Waals surface area (Å²) in [6.07, 6.45) is 1.96. The van der Waals surface area contributed by atoms with E-state index in [2.05, 4.69) is 22.2 Å². The molecule has 0 N–H and O–H groups in total. The highest BCUT2D eigenvalue weighted by atomic mass is 16.2. The molecule has 2 aromatic heterocycles. The van der Waals surface area contributed by atoms with Gasteiger partial charge < -0.3 is 9.80 Å². The minimum atomic E-state index is 0.178. The molecule has 0 saturated carbocycles. The summed E-state index contributed by atoms with van der Waals surface area (Å²) < 4.78 is 1.72. The van der Waals surface area contributed by atoms with Crippen molar-refractivity contribution in [3.8, 4) is 0 Å². The molecule has 1 aliphatic rings. The quantitative estimate of drug-likeness (QED) is 0.839. The van der Waals surface area contributed by atoms with Crippen LogP contribution < -0.4 is 4.90 Å². The van der Waals surface area contributed by atoms with Gasteiger partial charge in [-0.3, -0.25) is 4.79 Å². The average Bonchev–Trinajstić information content (AvgIpc) is 2.75. The van der Waals surface area contributed by atoms with Crippen molar-refractivity contribution in [2.45, 2.75) is 26.7 Å². The molecule has 1 fully saturated rings. The number of nitrogens with zero attached hydrogens (tertiary/aromatic N) is 6. The summed E-state index contributed by atoms with van der Waals surface area (Å²) >= 11 is 0. The zero-order chi connectivity index (χ0) is 14.8. The second-order valence-electron chi connectivity index (χ2n) is 5.36. The van der Waals surface area contributed by atoms with Gasteiger partial charge in [0.15, 0.2) is 11.5 Å². The predicted molar refractivity (Wildman–Crippen MR) is 79.2 cm³/mol. The minimum absolute atomic E-state index is 0.178. The number of carbonyl (C=O) groups excluding carboxylic acids is 1. The summed E-state index contributed by atoms with van der Waals surface area (Å²) in [5.41, 5.74) is 0.727. The van der Waals surface area contributed by atoms with Crippen molar-refractivity contribution >= 4 is 17.4 Å². The van der Waals surface area contributed by atoms with Crippen LogP contribution in [-0.4, -0.2) is 56.8 Å². The van der Waals surface area contributed by atoms with Crippen LogP contribution >= 0.6 is 0 Å². The molecule has 0 radical (unpaired) electrons. The van der Waals surface area contributed by atoms with Crippen LogP contribution in [0.25, 0.3) is 5.65 Å². The lowest BCUT2D eigenvalue weighted by molar-refractivity contribution is -0.129. The van der Waals surface area contributed by atoms with Crippen LogP contribution in [0.3, 0.4) is 0 Å². The van der Waals surface area contributed by atoms with Crippen LogP contribution in [-0.2, 0) is 4.79 Å². The average molecular weight is 288 g/mol. The molecule has 0 spiro atoms. The van der Waals surface area contributed by atoms with E-state index < -0.39 is 0 Å². The van der Waals surface area contributed by atoms with Crippen LogP contribution in [0.1, 0.15) is 25.6 Å². The van der Waals surface area contributed by atoms with Gasteiger partial charge in [0.05, 0.1) is 6.54 Å². The zero-order valence-electron chi connectivity index (χ0n) is 12.5. The molecule has 7 heteroatoms. The number of aryl methyl sites for hydroxylation is 1. The summed E-state index contributed by atoms with van der Waals surface area (Å²) in [5, 5.41) is 12.6. The number of hydrogen-bond donors (Lipinski definition) is 0. The summed E-state index contributed by atoms with van der Waals surface area (Å²) in [6.45, 7) is 6.86. The van der Waals surface area contributed by atoms with Gasteiger partial charge in [0.1, 0.15) is 5.82 Å². The maximum Gasteiger partial charge on any atom is 0.242 e. The fraction of sp³-hybridized carbons (Fsp3) is 0.571. The molecule has 3 rings (SSSR count). The van der Waals surface area contributed by atoms with Crippen molar-refractivity contribution in [3.63, 3.8) is 0 Å². The third kappa shape index (κ3) is 2.68. The van der Waals surface area contributed by atoms with Gasteiger partial charge in [0.2, 0.25) is 5.91 Å². The zero-order valence-corrected chi connectivity index (χ0v) is 12.5. The van der Waals surface area contributed by atoms with E-state index in [1.54, 1.807) is 4.52 Å². The molecule has 2 aromatic rings. The first-order valence-corrected chi connectivity index (χ1v) is 7.41. The number of amides is 1. The van der Waals surface area contributed by atoms with Crippen molar-refractivity contribution in [3.05, 3.63) is 18.0 Å².